The summed E-state index contributed by atoms with van der Waals surface area (Å²) in [5.41, 5.74) is 0.679. The smallest absolute Gasteiger partial charge is 0.176 e. The number of hydrogen-bond acceptors (Lipinski definition) is 4. The van der Waals surface area contributed by atoms with E-state index in [1.807, 2.05) is 6.92 Å². The van der Waals surface area contributed by atoms with Crippen LogP contribution in [0, 0.1) is 0 Å². The van der Waals surface area contributed by atoms with E-state index in [4.69, 9.17) is 22.2 Å². The molecule has 5 heteroatoms. The molecule has 3 N–H and O–H groups in total. The van der Waals surface area contributed by atoms with Gasteiger partial charge in [0.15, 0.2) is 11.5 Å². The second kappa shape index (κ2) is 4.72. The molecule has 0 saturated carbocycles. The number of nitrogens with zero attached hydrogens (tertiary/aromatic N) is 1. The first kappa shape index (κ1) is 10.7. The molecule has 0 amide bonds. The molecule has 0 fully saturated rings. The normalized spacial score (nSPS) is 10.7. The highest BCUT2D eigenvalue weighted by atomic mass is 35.5. The molecule has 0 aliphatic heterocycles. The summed E-state index contributed by atoms with van der Waals surface area (Å²) in [5.74, 6) is 5.26. The second-order valence-electron chi connectivity index (χ2n) is 2.56. The van der Waals surface area contributed by atoms with Gasteiger partial charge >= 0.3 is 0 Å². The highest BCUT2D eigenvalue weighted by Crippen LogP contribution is 2.34. The molecule has 0 aliphatic carbocycles. The van der Waals surface area contributed by atoms with Gasteiger partial charge in [-0.2, -0.15) is 5.10 Å². The molecule has 0 saturated heterocycles. The Morgan fingerprint density at radius 2 is 2.36 bits per heavy atom. The van der Waals surface area contributed by atoms with Crippen LogP contribution in [0.4, 0.5) is 0 Å². The fourth-order valence-electron chi connectivity index (χ4n) is 1.02. The van der Waals surface area contributed by atoms with E-state index in [9.17, 15) is 5.11 Å². The third-order valence-corrected chi connectivity index (χ3v) is 1.86. The molecular weight excluding hydrogens is 204 g/mol. The molecule has 1 rings (SSSR count). The van der Waals surface area contributed by atoms with E-state index in [2.05, 4.69) is 5.10 Å². The summed E-state index contributed by atoms with van der Waals surface area (Å²) < 4.78 is 5.17. The number of aromatic hydroxyl groups is 1. The van der Waals surface area contributed by atoms with Crippen LogP contribution in [0.1, 0.15) is 12.5 Å². The minimum atomic E-state index is -0.0670. The Morgan fingerprint density at radius 1 is 1.64 bits per heavy atom. The Kier molecular flexibility index (Phi) is 3.59. The quantitative estimate of drug-likeness (QED) is 0.458. The van der Waals surface area contributed by atoms with Crippen LogP contribution in [0.25, 0.3) is 0 Å². The Hall–Kier alpha value is -1.42. The van der Waals surface area contributed by atoms with Crippen LogP contribution >= 0.6 is 11.6 Å². The van der Waals surface area contributed by atoms with Crippen molar-refractivity contribution in [1.29, 1.82) is 0 Å². The van der Waals surface area contributed by atoms with Crippen LogP contribution in [0.5, 0.6) is 11.5 Å². The average molecular weight is 215 g/mol. The highest BCUT2D eigenvalue weighted by molar-refractivity contribution is 6.32. The van der Waals surface area contributed by atoms with Gasteiger partial charge in [-0.05, 0) is 24.6 Å². The van der Waals surface area contributed by atoms with E-state index in [1.54, 1.807) is 12.1 Å². The van der Waals surface area contributed by atoms with Gasteiger partial charge in [-0.1, -0.05) is 11.6 Å². The molecule has 0 atom stereocenters. The zero-order chi connectivity index (χ0) is 10.6. The molecule has 0 bridgehead atoms. The van der Waals surface area contributed by atoms with E-state index < -0.39 is 0 Å². The van der Waals surface area contributed by atoms with Crippen molar-refractivity contribution < 1.29 is 9.84 Å². The monoisotopic (exact) mass is 214 g/mol. The van der Waals surface area contributed by atoms with Crippen molar-refractivity contribution in [1.82, 2.24) is 0 Å². The number of hydrogen-bond donors (Lipinski definition) is 2. The summed E-state index contributed by atoms with van der Waals surface area (Å²) in [7, 11) is 0. The lowest BCUT2D eigenvalue weighted by atomic mass is 10.2. The van der Waals surface area contributed by atoms with Crippen LogP contribution < -0.4 is 10.6 Å². The molecule has 0 spiro atoms. The maximum Gasteiger partial charge on any atom is 0.176 e. The predicted octanol–water partition coefficient (Wildman–Crippen LogP) is 1.74. The minimum Gasteiger partial charge on any atom is -0.503 e. The van der Waals surface area contributed by atoms with E-state index in [0.29, 0.717) is 17.9 Å². The summed E-state index contributed by atoms with van der Waals surface area (Å²) in [6.45, 7) is 2.27. The Balaban J connectivity index is 3.13. The fraction of sp³-hybridized carbons (Fsp3) is 0.222. The molecule has 0 radical (unpaired) electrons. The molecule has 0 aliphatic rings. The molecule has 76 valence electrons. The first-order chi connectivity index (χ1) is 6.69. The lowest BCUT2D eigenvalue weighted by Gasteiger charge is -2.07. The first-order valence-corrected chi connectivity index (χ1v) is 4.45. The number of phenolic OH excluding ortho intramolecular Hbond substituents is 1. The van der Waals surface area contributed by atoms with Crippen molar-refractivity contribution >= 4 is 17.8 Å². The molecule has 14 heavy (non-hydrogen) atoms. The van der Waals surface area contributed by atoms with E-state index in [0.717, 1.165) is 0 Å². The van der Waals surface area contributed by atoms with Gasteiger partial charge in [-0.25, -0.2) is 0 Å². The summed E-state index contributed by atoms with van der Waals surface area (Å²) in [4.78, 5) is 0. The van der Waals surface area contributed by atoms with Crippen molar-refractivity contribution in [3.8, 4) is 11.5 Å². The predicted molar refractivity (Wildman–Crippen MR) is 56.1 cm³/mol. The van der Waals surface area contributed by atoms with Crippen LogP contribution in [0.15, 0.2) is 17.2 Å². The van der Waals surface area contributed by atoms with E-state index >= 15 is 0 Å². The van der Waals surface area contributed by atoms with Crippen LogP contribution in [0.2, 0.25) is 5.02 Å². The number of benzene rings is 1. The standard InChI is InChI=1S/C9H11ClN2O2/c1-2-14-8-4-6(5-12-11)3-7(10)9(8)13/h3-5,13H,2,11H2,1H3/b12-5+. The van der Waals surface area contributed by atoms with Crippen molar-refractivity contribution in [2.75, 3.05) is 6.61 Å². The lowest BCUT2D eigenvalue weighted by molar-refractivity contribution is 0.318. The van der Waals surface area contributed by atoms with Gasteiger partial charge < -0.3 is 15.7 Å². The summed E-state index contributed by atoms with van der Waals surface area (Å²) >= 11 is 5.76. The average Bonchev–Trinajstić information content (AvgIpc) is 2.14. The fourth-order valence-corrected chi connectivity index (χ4v) is 1.24. The van der Waals surface area contributed by atoms with Crippen LogP contribution in [0.3, 0.4) is 0 Å². The lowest BCUT2D eigenvalue weighted by Crippen LogP contribution is -1.94. The largest absolute Gasteiger partial charge is 0.503 e. The molecule has 0 aromatic heterocycles. The van der Waals surface area contributed by atoms with Gasteiger partial charge in [0.1, 0.15) is 0 Å². The summed E-state index contributed by atoms with van der Waals surface area (Å²) in [6, 6.07) is 3.16. The molecule has 0 unspecified atom stereocenters. The summed E-state index contributed by atoms with van der Waals surface area (Å²) in [6.07, 6.45) is 1.42. The van der Waals surface area contributed by atoms with Gasteiger partial charge in [-0.15, -0.1) is 0 Å². The molecule has 0 heterocycles. The Morgan fingerprint density at radius 3 is 2.93 bits per heavy atom. The molecule has 1 aromatic carbocycles. The van der Waals surface area contributed by atoms with Gasteiger partial charge in [0.25, 0.3) is 0 Å². The van der Waals surface area contributed by atoms with Crippen molar-refractivity contribution in [2.24, 2.45) is 10.9 Å². The van der Waals surface area contributed by atoms with Gasteiger partial charge in [0, 0.05) is 0 Å². The molecular formula is C9H11ClN2O2. The zero-order valence-corrected chi connectivity index (χ0v) is 8.45. The van der Waals surface area contributed by atoms with E-state index in [-0.39, 0.29) is 10.8 Å². The van der Waals surface area contributed by atoms with Crippen molar-refractivity contribution in [3.63, 3.8) is 0 Å². The van der Waals surface area contributed by atoms with Gasteiger partial charge in [0.05, 0.1) is 17.8 Å². The van der Waals surface area contributed by atoms with Crippen molar-refractivity contribution in [3.05, 3.63) is 22.7 Å². The first-order valence-electron chi connectivity index (χ1n) is 4.07. The number of hydrazone groups is 1. The number of ether oxygens (including phenoxy) is 1. The Bertz CT molecular complexity index is 353. The Labute approximate surface area is 86.9 Å². The van der Waals surface area contributed by atoms with Gasteiger partial charge in [0.2, 0.25) is 0 Å². The third-order valence-electron chi connectivity index (χ3n) is 1.57. The molecule has 4 nitrogen and oxygen atoms in total. The van der Waals surface area contributed by atoms with Crippen LogP contribution in [-0.4, -0.2) is 17.9 Å². The van der Waals surface area contributed by atoms with Gasteiger partial charge in [-0.3, -0.25) is 0 Å². The number of rotatable bonds is 3. The maximum atomic E-state index is 9.49. The highest BCUT2D eigenvalue weighted by Gasteiger charge is 2.08. The SMILES string of the molecule is CCOc1cc(/C=N/N)cc(Cl)c1O. The number of phenols is 1. The topological polar surface area (TPSA) is 67.8 Å². The zero-order valence-electron chi connectivity index (χ0n) is 7.70. The number of halogens is 1. The second-order valence-corrected chi connectivity index (χ2v) is 2.97. The van der Waals surface area contributed by atoms with Crippen LogP contribution in [-0.2, 0) is 0 Å². The number of nitrogens with two attached hydrogens (primary N) is 1. The van der Waals surface area contributed by atoms with E-state index in [1.165, 1.54) is 6.21 Å². The third kappa shape index (κ3) is 2.29. The summed E-state index contributed by atoms with van der Waals surface area (Å²) in [5, 5.41) is 13.1. The minimum absolute atomic E-state index is 0.0670. The van der Waals surface area contributed by atoms with Crippen molar-refractivity contribution in [2.45, 2.75) is 6.92 Å². The maximum absolute atomic E-state index is 9.49. The molecule has 1 aromatic rings.